The van der Waals surface area contributed by atoms with Gasteiger partial charge in [-0.05, 0) is 57.9 Å². The second kappa shape index (κ2) is 8.01. The second-order valence-corrected chi connectivity index (χ2v) is 8.45. The van der Waals surface area contributed by atoms with Gasteiger partial charge in [-0.1, -0.05) is 12.2 Å². The minimum Gasteiger partial charge on any atom is -0.369 e. The molecule has 1 amide bonds. The van der Waals surface area contributed by atoms with E-state index in [0.29, 0.717) is 6.04 Å². The standard InChI is InChI=1S/C22H32FN3O/c1-17(2)22(3,4)21(27)26-11-5-6-20(16-26)25-14-12-24(13-15-25)19-9-7-18(23)8-10-19/h7-10,20H,1,5-6,11-16H2,2-4H3/t20-/m0/s1. The Kier molecular flexibility index (Phi) is 5.89. The van der Waals surface area contributed by atoms with Crippen LogP contribution in [0.15, 0.2) is 36.4 Å². The predicted octanol–water partition coefficient (Wildman–Crippen LogP) is 3.54. The Morgan fingerprint density at radius 3 is 2.33 bits per heavy atom. The van der Waals surface area contributed by atoms with Gasteiger partial charge in [0.1, 0.15) is 5.82 Å². The van der Waals surface area contributed by atoms with Crippen molar-refractivity contribution in [3.05, 3.63) is 42.2 Å². The number of piperidine rings is 1. The molecular weight excluding hydrogens is 341 g/mol. The van der Waals surface area contributed by atoms with Crippen LogP contribution in [0.5, 0.6) is 0 Å². The molecule has 27 heavy (non-hydrogen) atoms. The number of hydrogen-bond acceptors (Lipinski definition) is 3. The van der Waals surface area contributed by atoms with Gasteiger partial charge in [0, 0.05) is 51.0 Å². The molecule has 0 N–H and O–H groups in total. The van der Waals surface area contributed by atoms with Crippen molar-refractivity contribution in [2.24, 2.45) is 5.41 Å². The van der Waals surface area contributed by atoms with E-state index in [4.69, 9.17) is 0 Å². The molecule has 1 aromatic carbocycles. The molecular formula is C22H32FN3O. The van der Waals surface area contributed by atoms with Crippen LogP contribution in [0.4, 0.5) is 10.1 Å². The van der Waals surface area contributed by atoms with Crippen LogP contribution in [0.2, 0.25) is 0 Å². The first-order chi connectivity index (χ1) is 12.8. The third-order valence-corrected chi connectivity index (χ3v) is 6.31. The molecule has 2 heterocycles. The first-order valence-corrected chi connectivity index (χ1v) is 9.99. The van der Waals surface area contributed by atoms with Gasteiger partial charge in [0.2, 0.25) is 5.91 Å². The Morgan fingerprint density at radius 2 is 1.74 bits per heavy atom. The molecule has 0 aliphatic carbocycles. The lowest BCUT2D eigenvalue weighted by Crippen LogP contribution is -2.57. The summed E-state index contributed by atoms with van der Waals surface area (Å²) in [4.78, 5) is 19.8. The van der Waals surface area contributed by atoms with Gasteiger partial charge in [-0.25, -0.2) is 4.39 Å². The molecule has 5 heteroatoms. The molecule has 0 spiro atoms. The van der Waals surface area contributed by atoms with E-state index in [1.165, 1.54) is 12.1 Å². The van der Waals surface area contributed by atoms with Gasteiger partial charge < -0.3 is 9.80 Å². The second-order valence-electron chi connectivity index (χ2n) is 8.45. The molecule has 2 fully saturated rings. The van der Waals surface area contributed by atoms with E-state index in [2.05, 4.69) is 16.4 Å². The van der Waals surface area contributed by atoms with E-state index in [1.807, 2.05) is 37.8 Å². The molecule has 148 valence electrons. The van der Waals surface area contributed by atoms with Crippen LogP contribution in [0.25, 0.3) is 0 Å². The van der Waals surface area contributed by atoms with Crippen LogP contribution in [0, 0.1) is 11.2 Å². The lowest BCUT2D eigenvalue weighted by Gasteiger charge is -2.45. The fraction of sp³-hybridized carbons (Fsp3) is 0.591. The smallest absolute Gasteiger partial charge is 0.232 e. The van der Waals surface area contributed by atoms with Crippen LogP contribution in [0.3, 0.4) is 0 Å². The molecule has 2 aliphatic heterocycles. The number of benzene rings is 1. The van der Waals surface area contributed by atoms with Crippen molar-refractivity contribution in [3.8, 4) is 0 Å². The summed E-state index contributed by atoms with van der Waals surface area (Å²) in [5.74, 6) is 0.00619. The first-order valence-electron chi connectivity index (χ1n) is 9.99. The highest BCUT2D eigenvalue weighted by molar-refractivity contribution is 5.85. The number of rotatable bonds is 4. The van der Waals surface area contributed by atoms with Gasteiger partial charge >= 0.3 is 0 Å². The fourth-order valence-electron chi connectivity index (χ4n) is 4.01. The predicted molar refractivity (Wildman–Crippen MR) is 108 cm³/mol. The average Bonchev–Trinajstić information content (AvgIpc) is 2.68. The molecule has 3 rings (SSSR count). The van der Waals surface area contributed by atoms with E-state index >= 15 is 0 Å². The van der Waals surface area contributed by atoms with Crippen LogP contribution in [-0.4, -0.2) is 61.0 Å². The highest BCUT2D eigenvalue weighted by Gasteiger charge is 2.36. The topological polar surface area (TPSA) is 26.8 Å². The average molecular weight is 374 g/mol. The van der Waals surface area contributed by atoms with Crippen molar-refractivity contribution in [1.82, 2.24) is 9.80 Å². The minimum absolute atomic E-state index is 0.193. The van der Waals surface area contributed by atoms with Gasteiger partial charge in [0.15, 0.2) is 0 Å². The summed E-state index contributed by atoms with van der Waals surface area (Å²) in [5.41, 5.74) is 1.51. The molecule has 2 saturated heterocycles. The number of carbonyl (C=O) groups excluding carboxylic acids is 1. The Hall–Kier alpha value is -1.88. The highest BCUT2D eigenvalue weighted by Crippen LogP contribution is 2.29. The lowest BCUT2D eigenvalue weighted by atomic mass is 9.84. The van der Waals surface area contributed by atoms with Gasteiger partial charge in [-0.3, -0.25) is 9.69 Å². The number of carbonyl (C=O) groups is 1. The maximum Gasteiger partial charge on any atom is 0.232 e. The van der Waals surface area contributed by atoms with E-state index in [0.717, 1.165) is 63.4 Å². The Morgan fingerprint density at radius 1 is 1.11 bits per heavy atom. The third kappa shape index (κ3) is 4.34. The van der Waals surface area contributed by atoms with Crippen molar-refractivity contribution in [3.63, 3.8) is 0 Å². The van der Waals surface area contributed by atoms with Crippen LogP contribution >= 0.6 is 0 Å². The van der Waals surface area contributed by atoms with Crippen molar-refractivity contribution < 1.29 is 9.18 Å². The molecule has 0 unspecified atom stereocenters. The summed E-state index contributed by atoms with van der Waals surface area (Å²) in [6.07, 6.45) is 2.20. The maximum atomic E-state index is 13.1. The van der Waals surface area contributed by atoms with Crippen molar-refractivity contribution >= 4 is 11.6 Å². The zero-order valence-electron chi connectivity index (χ0n) is 16.9. The van der Waals surface area contributed by atoms with Crippen LogP contribution in [-0.2, 0) is 4.79 Å². The maximum absolute atomic E-state index is 13.1. The molecule has 1 atom stereocenters. The van der Waals surface area contributed by atoms with Crippen molar-refractivity contribution in [1.29, 1.82) is 0 Å². The zero-order valence-corrected chi connectivity index (χ0v) is 16.9. The van der Waals surface area contributed by atoms with E-state index in [1.54, 1.807) is 0 Å². The van der Waals surface area contributed by atoms with Gasteiger partial charge in [-0.15, -0.1) is 0 Å². The zero-order chi connectivity index (χ0) is 19.6. The number of anilines is 1. The van der Waals surface area contributed by atoms with E-state index in [-0.39, 0.29) is 11.7 Å². The number of likely N-dealkylation sites (tertiary alicyclic amines) is 1. The Balaban J connectivity index is 1.57. The number of halogens is 1. The normalized spacial score (nSPS) is 22.0. The molecule has 0 saturated carbocycles. The minimum atomic E-state index is -0.497. The monoisotopic (exact) mass is 373 g/mol. The summed E-state index contributed by atoms with van der Waals surface area (Å²) >= 11 is 0. The fourth-order valence-corrected chi connectivity index (χ4v) is 4.01. The van der Waals surface area contributed by atoms with E-state index in [9.17, 15) is 9.18 Å². The van der Waals surface area contributed by atoms with Gasteiger partial charge in [0.05, 0.1) is 5.41 Å². The van der Waals surface area contributed by atoms with E-state index < -0.39 is 5.41 Å². The summed E-state index contributed by atoms with van der Waals surface area (Å²) in [6.45, 7) is 15.4. The quantitative estimate of drug-likeness (QED) is 0.756. The summed E-state index contributed by atoms with van der Waals surface area (Å²) < 4.78 is 13.1. The Bertz CT molecular complexity index is 677. The largest absolute Gasteiger partial charge is 0.369 e. The van der Waals surface area contributed by atoms with Crippen molar-refractivity contribution in [2.75, 3.05) is 44.2 Å². The molecule has 4 nitrogen and oxygen atoms in total. The molecule has 0 bridgehead atoms. The summed E-state index contributed by atoms with van der Waals surface area (Å²) in [6, 6.07) is 7.18. The van der Waals surface area contributed by atoms with Crippen LogP contribution in [0.1, 0.15) is 33.6 Å². The van der Waals surface area contributed by atoms with Crippen molar-refractivity contribution in [2.45, 2.75) is 39.7 Å². The highest BCUT2D eigenvalue weighted by atomic mass is 19.1. The summed E-state index contributed by atoms with van der Waals surface area (Å²) in [5, 5.41) is 0. The third-order valence-electron chi connectivity index (χ3n) is 6.31. The molecule has 1 aromatic rings. The van der Waals surface area contributed by atoms with Crippen LogP contribution < -0.4 is 4.90 Å². The number of piperazine rings is 1. The number of amides is 1. The molecule has 2 aliphatic rings. The summed E-state index contributed by atoms with van der Waals surface area (Å²) in [7, 11) is 0. The first kappa shape index (κ1) is 19.9. The van der Waals surface area contributed by atoms with Gasteiger partial charge in [0.25, 0.3) is 0 Å². The number of nitrogens with zero attached hydrogens (tertiary/aromatic N) is 3. The SMILES string of the molecule is C=C(C)C(C)(C)C(=O)N1CCC[C@H](N2CCN(c3ccc(F)cc3)CC2)C1. The molecule has 0 aromatic heterocycles. The Labute approximate surface area is 162 Å². The van der Waals surface area contributed by atoms with Gasteiger partial charge in [-0.2, -0.15) is 0 Å². The molecule has 0 radical (unpaired) electrons. The lowest BCUT2D eigenvalue weighted by molar-refractivity contribution is -0.140. The number of hydrogen-bond donors (Lipinski definition) is 0.